The van der Waals surface area contributed by atoms with Gasteiger partial charge in [-0.3, -0.25) is 9.59 Å². The van der Waals surface area contributed by atoms with Crippen molar-refractivity contribution < 1.29 is 38.2 Å². The molecule has 0 aliphatic carbocycles. The highest BCUT2D eigenvalue weighted by Crippen LogP contribution is 2.12. The van der Waals surface area contributed by atoms with Crippen molar-refractivity contribution in [1.82, 2.24) is 0 Å². The summed E-state index contributed by atoms with van der Waals surface area (Å²) < 4.78 is 17.3. The van der Waals surface area contributed by atoms with Gasteiger partial charge in [0.05, 0.1) is 34.4 Å². The summed E-state index contributed by atoms with van der Waals surface area (Å²) in [6, 6.07) is -0.634. The Labute approximate surface area is 409 Å². The standard InChI is InChI=1S/C59H93NO7/c1-6-8-10-12-14-16-18-20-22-24-26-28-29-30-32-33-35-37-39-41-43-45-47-49-57(61)66-54-55(53-65-52-51-56(59(63)64)60(3,4)5)67-58(62)50-48-46-44-42-40-38-36-34-31-27-25-23-21-19-17-15-13-11-9-7-2/h8-11,14-17,20-23,26-28,30-32,35-38,55-56H,6-7,12-13,18-19,24-25,29,33-34,39-54H2,1-5H3/p+1/b10-8+,11-9+,16-14+,17-15+,22-20+,23-21+,28-26+,31-27+,32-30+,37-35+,38-36+. The SMILES string of the molecule is CC/C=C/C/C=C/C/C=C/C/C=C/C/C=C/C/C=C/CCCCCCC(=O)OCC(COCCC(C(=O)O)[N+](C)(C)C)OC(=O)CCCCCC/C=C/C/C=C/C/C=C/C/C=C/C/C=C/CC. The van der Waals surface area contributed by atoms with Gasteiger partial charge in [-0.05, 0) is 109 Å². The minimum absolute atomic E-state index is 0.0321. The van der Waals surface area contributed by atoms with Crippen LogP contribution in [-0.4, -0.2) is 80.6 Å². The number of hydrogen-bond acceptors (Lipinski definition) is 6. The van der Waals surface area contributed by atoms with Crippen molar-refractivity contribution in [3.63, 3.8) is 0 Å². The van der Waals surface area contributed by atoms with E-state index in [0.29, 0.717) is 12.8 Å². The van der Waals surface area contributed by atoms with Gasteiger partial charge in [0.25, 0.3) is 0 Å². The molecule has 8 heteroatoms. The molecule has 0 heterocycles. The zero-order chi connectivity index (χ0) is 49.2. The molecule has 0 aliphatic heterocycles. The highest BCUT2D eigenvalue weighted by molar-refractivity contribution is 5.72. The minimum Gasteiger partial charge on any atom is -0.477 e. The van der Waals surface area contributed by atoms with Crippen LogP contribution in [0.25, 0.3) is 0 Å². The van der Waals surface area contributed by atoms with Crippen LogP contribution in [0.5, 0.6) is 0 Å². The first-order valence-corrected chi connectivity index (χ1v) is 25.7. The van der Waals surface area contributed by atoms with Crippen molar-refractivity contribution in [3.8, 4) is 0 Å². The molecule has 0 rings (SSSR count). The lowest BCUT2D eigenvalue weighted by molar-refractivity contribution is -0.887. The molecule has 1 N–H and O–H groups in total. The number of allylic oxidation sites excluding steroid dienone is 22. The van der Waals surface area contributed by atoms with Gasteiger partial charge in [-0.25, -0.2) is 4.79 Å². The molecule has 0 amide bonds. The molecular formula is C59H94NO7+. The van der Waals surface area contributed by atoms with Crippen LogP contribution >= 0.6 is 0 Å². The molecule has 0 aromatic rings. The van der Waals surface area contributed by atoms with Gasteiger partial charge in [0.2, 0.25) is 0 Å². The number of carbonyl (C=O) groups excluding carboxylic acids is 2. The third kappa shape index (κ3) is 46.4. The van der Waals surface area contributed by atoms with Gasteiger partial charge < -0.3 is 23.8 Å². The lowest BCUT2D eigenvalue weighted by atomic mass is 10.1. The Hall–Kier alpha value is -4.53. The molecule has 0 spiro atoms. The predicted molar refractivity (Wildman–Crippen MR) is 284 cm³/mol. The van der Waals surface area contributed by atoms with E-state index in [9.17, 15) is 19.5 Å². The molecule has 0 aliphatic rings. The number of likely N-dealkylation sites (N-methyl/N-ethyl adjacent to an activating group) is 1. The van der Waals surface area contributed by atoms with Crippen LogP contribution < -0.4 is 0 Å². The molecule has 2 unspecified atom stereocenters. The average molecular weight is 929 g/mol. The van der Waals surface area contributed by atoms with E-state index in [0.717, 1.165) is 135 Å². The van der Waals surface area contributed by atoms with E-state index in [1.165, 1.54) is 0 Å². The van der Waals surface area contributed by atoms with E-state index in [2.05, 4.69) is 148 Å². The monoisotopic (exact) mass is 929 g/mol. The molecule has 0 bridgehead atoms. The Morgan fingerprint density at radius 3 is 1.15 bits per heavy atom. The first-order valence-electron chi connectivity index (χ1n) is 25.7. The third-order valence-corrected chi connectivity index (χ3v) is 10.5. The first-order chi connectivity index (χ1) is 32.6. The Balaban J connectivity index is 4.39. The summed E-state index contributed by atoms with van der Waals surface area (Å²) in [6.07, 6.45) is 69.3. The zero-order valence-corrected chi connectivity index (χ0v) is 42.8. The lowest BCUT2D eigenvalue weighted by Crippen LogP contribution is -2.50. The largest absolute Gasteiger partial charge is 0.477 e. The van der Waals surface area contributed by atoms with Crippen molar-refractivity contribution in [2.75, 3.05) is 41.0 Å². The molecule has 0 radical (unpaired) electrons. The van der Waals surface area contributed by atoms with Crippen molar-refractivity contribution in [3.05, 3.63) is 134 Å². The van der Waals surface area contributed by atoms with E-state index < -0.39 is 18.1 Å². The molecule has 67 heavy (non-hydrogen) atoms. The zero-order valence-electron chi connectivity index (χ0n) is 42.8. The Kier molecular flexibility index (Phi) is 44.7. The number of nitrogens with zero attached hydrogens (tertiary/aromatic N) is 1. The summed E-state index contributed by atoms with van der Waals surface area (Å²) in [5.41, 5.74) is 0. The van der Waals surface area contributed by atoms with E-state index in [-0.39, 0.29) is 42.7 Å². The molecule has 0 fully saturated rings. The number of aliphatic carboxylic acids is 1. The Morgan fingerprint density at radius 1 is 0.448 bits per heavy atom. The number of carboxylic acids is 1. The lowest BCUT2D eigenvalue weighted by Gasteiger charge is -2.31. The van der Waals surface area contributed by atoms with Crippen molar-refractivity contribution >= 4 is 17.9 Å². The topological polar surface area (TPSA) is 99.1 Å². The second kappa shape index (κ2) is 47.9. The fraction of sp³-hybridized carbons (Fsp3) is 0.576. The highest BCUT2D eigenvalue weighted by Gasteiger charge is 2.31. The van der Waals surface area contributed by atoms with Gasteiger partial charge in [-0.2, -0.15) is 0 Å². The molecule has 2 atom stereocenters. The maximum atomic E-state index is 12.8. The van der Waals surface area contributed by atoms with Crippen LogP contribution in [0.2, 0.25) is 0 Å². The van der Waals surface area contributed by atoms with Gasteiger partial charge in [-0.1, -0.05) is 173 Å². The molecule has 0 aromatic carbocycles. The average Bonchev–Trinajstić information content (AvgIpc) is 3.29. The summed E-state index contributed by atoms with van der Waals surface area (Å²) in [7, 11) is 5.50. The first kappa shape index (κ1) is 62.5. The summed E-state index contributed by atoms with van der Waals surface area (Å²) in [6.45, 7) is 4.43. The van der Waals surface area contributed by atoms with Crippen molar-refractivity contribution in [2.45, 2.75) is 180 Å². The smallest absolute Gasteiger partial charge is 0.362 e. The summed E-state index contributed by atoms with van der Waals surface area (Å²) in [5, 5.41) is 9.66. The Bertz CT molecular complexity index is 1550. The van der Waals surface area contributed by atoms with E-state index in [1.54, 1.807) is 0 Å². The van der Waals surface area contributed by atoms with Crippen LogP contribution in [0.3, 0.4) is 0 Å². The number of ether oxygens (including phenoxy) is 3. The fourth-order valence-corrected chi connectivity index (χ4v) is 6.65. The third-order valence-electron chi connectivity index (χ3n) is 10.5. The van der Waals surface area contributed by atoms with Gasteiger partial charge in [0.15, 0.2) is 12.1 Å². The summed E-state index contributed by atoms with van der Waals surface area (Å²) >= 11 is 0. The highest BCUT2D eigenvalue weighted by atomic mass is 16.6. The quantitative estimate of drug-likeness (QED) is 0.0281. The van der Waals surface area contributed by atoms with Crippen LogP contribution in [0.15, 0.2) is 134 Å². The number of carbonyl (C=O) groups is 3. The molecule has 376 valence electrons. The minimum atomic E-state index is -0.889. The number of esters is 2. The molecular weight excluding hydrogens is 835 g/mol. The molecule has 8 nitrogen and oxygen atoms in total. The second-order valence-corrected chi connectivity index (χ2v) is 17.7. The normalized spacial score (nSPS) is 14.0. The second-order valence-electron chi connectivity index (χ2n) is 17.7. The number of carboxylic acid groups (broad SMARTS) is 1. The number of quaternary nitrogens is 1. The van der Waals surface area contributed by atoms with Gasteiger partial charge >= 0.3 is 17.9 Å². The maximum absolute atomic E-state index is 12.8. The summed E-state index contributed by atoms with van der Waals surface area (Å²) in [5.74, 6) is -1.55. The molecule has 0 saturated carbocycles. The van der Waals surface area contributed by atoms with E-state index in [1.807, 2.05) is 21.1 Å². The van der Waals surface area contributed by atoms with Gasteiger partial charge in [-0.15, -0.1) is 0 Å². The predicted octanol–water partition coefficient (Wildman–Crippen LogP) is 15.1. The molecule has 0 aromatic heterocycles. The van der Waals surface area contributed by atoms with Crippen LogP contribution in [0, 0.1) is 0 Å². The Morgan fingerprint density at radius 2 is 0.791 bits per heavy atom. The van der Waals surface area contributed by atoms with Crippen molar-refractivity contribution in [1.29, 1.82) is 0 Å². The van der Waals surface area contributed by atoms with Gasteiger partial charge in [0.1, 0.15) is 6.61 Å². The van der Waals surface area contributed by atoms with Crippen LogP contribution in [-0.2, 0) is 28.6 Å². The fourth-order valence-electron chi connectivity index (χ4n) is 6.65. The van der Waals surface area contributed by atoms with Crippen LogP contribution in [0.1, 0.15) is 168 Å². The molecule has 0 saturated heterocycles. The summed E-state index contributed by atoms with van der Waals surface area (Å²) in [4.78, 5) is 37.2. The maximum Gasteiger partial charge on any atom is 0.362 e. The van der Waals surface area contributed by atoms with E-state index in [4.69, 9.17) is 14.2 Å². The van der Waals surface area contributed by atoms with Crippen molar-refractivity contribution in [2.24, 2.45) is 0 Å². The van der Waals surface area contributed by atoms with E-state index >= 15 is 0 Å². The van der Waals surface area contributed by atoms with Gasteiger partial charge in [0, 0.05) is 19.3 Å². The number of unbranched alkanes of at least 4 members (excludes halogenated alkanes) is 8. The van der Waals surface area contributed by atoms with Crippen LogP contribution in [0.4, 0.5) is 0 Å². The number of hydrogen-bond donors (Lipinski definition) is 1. The number of rotatable bonds is 44.